The monoisotopic (exact) mass is 286 g/mol. The molecular weight excluding hydrogens is 267 g/mol. The zero-order chi connectivity index (χ0) is 14.8. The van der Waals surface area contributed by atoms with Crippen LogP contribution in [0.3, 0.4) is 0 Å². The third-order valence-electron chi connectivity index (χ3n) is 4.02. The second-order valence-electron chi connectivity index (χ2n) is 5.63. The molecule has 0 saturated heterocycles. The van der Waals surface area contributed by atoms with Crippen LogP contribution in [0.15, 0.2) is 42.5 Å². The van der Waals surface area contributed by atoms with Gasteiger partial charge in [-0.05, 0) is 47.6 Å². The summed E-state index contributed by atoms with van der Waals surface area (Å²) in [5.41, 5.74) is 2.98. The molecule has 3 heteroatoms. The van der Waals surface area contributed by atoms with Gasteiger partial charge in [0, 0.05) is 6.42 Å². The molecule has 0 heterocycles. The molecule has 0 bridgehead atoms. The Morgan fingerprint density at radius 3 is 2.48 bits per heavy atom. The average molecular weight is 286 g/mol. The van der Waals surface area contributed by atoms with Crippen LogP contribution in [0.4, 0.5) is 4.39 Å². The molecule has 1 fully saturated rings. The fourth-order valence-electron chi connectivity index (χ4n) is 2.58. The van der Waals surface area contributed by atoms with Crippen LogP contribution >= 0.6 is 0 Å². The Morgan fingerprint density at radius 1 is 1.19 bits per heavy atom. The van der Waals surface area contributed by atoms with Crippen LogP contribution < -0.4 is 4.74 Å². The molecule has 1 atom stereocenters. The predicted molar refractivity (Wildman–Crippen MR) is 80.0 cm³/mol. The third-order valence-corrected chi connectivity index (χ3v) is 4.02. The van der Waals surface area contributed by atoms with E-state index in [0.717, 1.165) is 11.1 Å². The van der Waals surface area contributed by atoms with Gasteiger partial charge in [-0.25, -0.2) is 4.39 Å². The van der Waals surface area contributed by atoms with Crippen molar-refractivity contribution in [3.8, 4) is 5.75 Å². The quantitative estimate of drug-likeness (QED) is 0.900. The SMILES string of the molecule is COc1ccc(CC(O)c2ccc(C3CC3)cc2)cc1F. The Kier molecular flexibility index (Phi) is 3.93. The van der Waals surface area contributed by atoms with Crippen molar-refractivity contribution in [1.29, 1.82) is 0 Å². The van der Waals surface area contributed by atoms with Crippen molar-refractivity contribution in [3.05, 3.63) is 65.0 Å². The second-order valence-corrected chi connectivity index (χ2v) is 5.63. The van der Waals surface area contributed by atoms with E-state index in [4.69, 9.17) is 4.74 Å². The lowest BCUT2D eigenvalue weighted by atomic mass is 9.99. The number of methoxy groups -OCH3 is 1. The van der Waals surface area contributed by atoms with Gasteiger partial charge in [0.1, 0.15) is 0 Å². The highest BCUT2D eigenvalue weighted by atomic mass is 19.1. The standard InChI is InChI=1S/C18H19FO2/c1-21-18-9-2-12(10-16(18)19)11-17(20)15-7-5-14(6-8-15)13-3-4-13/h2,5-10,13,17,20H,3-4,11H2,1H3. The number of aliphatic hydroxyl groups excluding tert-OH is 1. The first-order valence-corrected chi connectivity index (χ1v) is 7.27. The van der Waals surface area contributed by atoms with Gasteiger partial charge in [-0.15, -0.1) is 0 Å². The molecule has 1 aliphatic rings. The molecule has 21 heavy (non-hydrogen) atoms. The first kappa shape index (κ1) is 14.1. The van der Waals surface area contributed by atoms with E-state index >= 15 is 0 Å². The maximum absolute atomic E-state index is 13.6. The molecule has 1 aliphatic carbocycles. The van der Waals surface area contributed by atoms with Gasteiger partial charge in [-0.3, -0.25) is 0 Å². The molecule has 2 aromatic rings. The first-order valence-electron chi connectivity index (χ1n) is 7.27. The Hall–Kier alpha value is -1.87. The van der Waals surface area contributed by atoms with Crippen molar-refractivity contribution in [2.45, 2.75) is 31.3 Å². The number of hydrogen-bond donors (Lipinski definition) is 1. The Bertz CT molecular complexity index is 618. The minimum absolute atomic E-state index is 0.224. The van der Waals surface area contributed by atoms with E-state index in [2.05, 4.69) is 12.1 Å². The van der Waals surface area contributed by atoms with Gasteiger partial charge < -0.3 is 9.84 Å². The van der Waals surface area contributed by atoms with Crippen molar-refractivity contribution in [2.24, 2.45) is 0 Å². The summed E-state index contributed by atoms with van der Waals surface area (Å²) in [6.45, 7) is 0. The number of hydrogen-bond acceptors (Lipinski definition) is 2. The van der Waals surface area contributed by atoms with Gasteiger partial charge in [0.2, 0.25) is 0 Å². The minimum atomic E-state index is -0.619. The van der Waals surface area contributed by atoms with E-state index < -0.39 is 11.9 Å². The van der Waals surface area contributed by atoms with Gasteiger partial charge >= 0.3 is 0 Å². The third kappa shape index (κ3) is 3.24. The van der Waals surface area contributed by atoms with E-state index in [0.29, 0.717) is 12.3 Å². The summed E-state index contributed by atoms with van der Waals surface area (Å²) >= 11 is 0. The molecule has 0 aliphatic heterocycles. The molecule has 3 rings (SSSR count). The van der Waals surface area contributed by atoms with Gasteiger partial charge in [0.25, 0.3) is 0 Å². The number of benzene rings is 2. The molecule has 0 aromatic heterocycles. The summed E-state index contributed by atoms with van der Waals surface area (Å²) in [7, 11) is 1.44. The zero-order valence-corrected chi connectivity index (χ0v) is 12.1. The van der Waals surface area contributed by atoms with Gasteiger partial charge in [0.15, 0.2) is 11.6 Å². The van der Waals surface area contributed by atoms with Crippen LogP contribution in [-0.2, 0) is 6.42 Å². The van der Waals surface area contributed by atoms with Gasteiger partial charge in [0.05, 0.1) is 13.2 Å². The molecule has 2 aromatic carbocycles. The summed E-state index contributed by atoms with van der Waals surface area (Å²) in [6.07, 6.45) is 2.31. The fraction of sp³-hybridized carbons (Fsp3) is 0.333. The highest BCUT2D eigenvalue weighted by molar-refractivity contribution is 5.32. The van der Waals surface area contributed by atoms with Crippen LogP contribution in [0.5, 0.6) is 5.75 Å². The minimum Gasteiger partial charge on any atom is -0.494 e. The molecule has 1 unspecified atom stereocenters. The molecule has 0 radical (unpaired) electrons. The Balaban J connectivity index is 1.70. The van der Waals surface area contributed by atoms with Crippen molar-refractivity contribution < 1.29 is 14.2 Å². The van der Waals surface area contributed by atoms with Gasteiger partial charge in [-0.1, -0.05) is 30.3 Å². The molecule has 110 valence electrons. The zero-order valence-electron chi connectivity index (χ0n) is 12.1. The van der Waals surface area contributed by atoms with Crippen molar-refractivity contribution >= 4 is 0 Å². The smallest absolute Gasteiger partial charge is 0.165 e. The summed E-state index contributed by atoms with van der Waals surface area (Å²) in [5, 5.41) is 10.3. The lowest BCUT2D eigenvalue weighted by molar-refractivity contribution is 0.178. The fourth-order valence-corrected chi connectivity index (χ4v) is 2.58. The number of rotatable bonds is 5. The maximum atomic E-state index is 13.6. The van der Waals surface area contributed by atoms with Crippen molar-refractivity contribution in [1.82, 2.24) is 0 Å². The van der Waals surface area contributed by atoms with Crippen LogP contribution in [0, 0.1) is 5.82 Å². The van der Waals surface area contributed by atoms with E-state index in [-0.39, 0.29) is 5.75 Å². The van der Waals surface area contributed by atoms with E-state index in [1.165, 1.54) is 31.6 Å². The van der Waals surface area contributed by atoms with E-state index in [1.807, 2.05) is 12.1 Å². The summed E-state index contributed by atoms with van der Waals surface area (Å²) in [4.78, 5) is 0. The van der Waals surface area contributed by atoms with E-state index in [1.54, 1.807) is 12.1 Å². The van der Waals surface area contributed by atoms with Crippen molar-refractivity contribution in [3.63, 3.8) is 0 Å². The van der Waals surface area contributed by atoms with Crippen molar-refractivity contribution in [2.75, 3.05) is 7.11 Å². The largest absolute Gasteiger partial charge is 0.494 e. The normalized spacial score (nSPS) is 15.8. The maximum Gasteiger partial charge on any atom is 0.165 e. The van der Waals surface area contributed by atoms with E-state index in [9.17, 15) is 9.50 Å². The summed E-state index contributed by atoms with van der Waals surface area (Å²) in [5.74, 6) is 0.542. The summed E-state index contributed by atoms with van der Waals surface area (Å²) < 4.78 is 18.5. The second kappa shape index (κ2) is 5.86. The topological polar surface area (TPSA) is 29.5 Å². The predicted octanol–water partition coefficient (Wildman–Crippen LogP) is 3.99. The van der Waals surface area contributed by atoms with Crippen LogP contribution in [0.2, 0.25) is 0 Å². The summed E-state index contributed by atoms with van der Waals surface area (Å²) in [6, 6.07) is 12.9. The Morgan fingerprint density at radius 2 is 1.90 bits per heavy atom. The van der Waals surface area contributed by atoms with Crippen LogP contribution in [0.1, 0.15) is 41.6 Å². The highest BCUT2D eigenvalue weighted by Crippen LogP contribution is 2.40. The Labute approximate surface area is 124 Å². The average Bonchev–Trinajstić information content (AvgIpc) is 3.32. The number of aliphatic hydroxyl groups is 1. The molecule has 0 spiro atoms. The first-order chi connectivity index (χ1) is 10.2. The number of ether oxygens (including phenoxy) is 1. The lowest BCUT2D eigenvalue weighted by Crippen LogP contribution is -2.02. The lowest BCUT2D eigenvalue weighted by Gasteiger charge is -2.12. The van der Waals surface area contributed by atoms with Crippen LogP contribution in [-0.4, -0.2) is 12.2 Å². The van der Waals surface area contributed by atoms with Crippen LogP contribution in [0.25, 0.3) is 0 Å². The highest BCUT2D eigenvalue weighted by Gasteiger charge is 2.23. The van der Waals surface area contributed by atoms with Gasteiger partial charge in [-0.2, -0.15) is 0 Å². The molecule has 1 saturated carbocycles. The molecule has 2 nitrogen and oxygen atoms in total. The molecule has 0 amide bonds. The number of halogens is 1. The molecular formula is C18H19FO2. The molecule has 1 N–H and O–H groups in total.